The molecule has 0 atom stereocenters. The van der Waals surface area contributed by atoms with E-state index in [9.17, 15) is 4.79 Å². The summed E-state index contributed by atoms with van der Waals surface area (Å²) in [5.41, 5.74) is 1.77. The Bertz CT molecular complexity index is 573. The minimum absolute atomic E-state index is 0.0934. The van der Waals surface area contributed by atoms with Crippen molar-refractivity contribution in [3.63, 3.8) is 0 Å². The highest BCUT2D eigenvalue weighted by Crippen LogP contribution is 2.20. The average molecular weight is 302 g/mol. The number of nitrogens with one attached hydrogen (secondary N) is 1. The molecule has 1 aromatic rings. The van der Waals surface area contributed by atoms with E-state index in [4.69, 9.17) is 10.00 Å². The summed E-state index contributed by atoms with van der Waals surface area (Å²) in [6.45, 7) is 2.54. The Hall–Kier alpha value is -1.93. The van der Waals surface area contributed by atoms with Gasteiger partial charge in [-0.05, 0) is 31.2 Å². The second-order valence-corrected chi connectivity index (χ2v) is 6.00. The molecule has 0 aliphatic carbocycles. The number of hydrogen-bond acceptors (Lipinski definition) is 4. The van der Waals surface area contributed by atoms with Crippen LogP contribution in [-0.2, 0) is 9.53 Å². The van der Waals surface area contributed by atoms with Crippen molar-refractivity contribution in [3.8, 4) is 6.07 Å². The molecule has 21 heavy (non-hydrogen) atoms. The summed E-state index contributed by atoms with van der Waals surface area (Å²) in [6, 6.07) is 10.4. The van der Waals surface area contributed by atoms with Crippen LogP contribution in [0.1, 0.15) is 24.8 Å². The molecule has 1 aromatic carbocycles. The normalized spacial score (nSPS) is 13.7. The number of amides is 1. The van der Waals surface area contributed by atoms with Gasteiger partial charge >= 0.3 is 0 Å². The van der Waals surface area contributed by atoms with E-state index in [1.165, 1.54) is 10.5 Å². The van der Waals surface area contributed by atoms with Crippen molar-refractivity contribution in [3.05, 3.63) is 41.3 Å². The molecule has 4 nitrogen and oxygen atoms in total. The molecule has 1 aliphatic heterocycles. The third-order valence-electron chi connectivity index (χ3n) is 3.10. The number of ether oxygens (including phenoxy) is 1. The van der Waals surface area contributed by atoms with Crippen LogP contribution in [0.25, 0.3) is 0 Å². The lowest BCUT2D eigenvalue weighted by molar-refractivity contribution is -0.121. The number of hydrogen-bond donors (Lipinski definition) is 1. The van der Waals surface area contributed by atoms with E-state index in [0.717, 1.165) is 12.2 Å². The average Bonchev–Trinajstić information content (AvgIpc) is 2.92. The first-order chi connectivity index (χ1) is 10.2. The zero-order valence-corrected chi connectivity index (χ0v) is 12.8. The van der Waals surface area contributed by atoms with Crippen molar-refractivity contribution in [2.75, 3.05) is 12.4 Å². The monoisotopic (exact) mass is 302 g/mol. The topological polar surface area (TPSA) is 62.1 Å². The molecule has 1 amide bonds. The van der Waals surface area contributed by atoms with Gasteiger partial charge in [0, 0.05) is 17.7 Å². The molecule has 0 bridgehead atoms. The van der Waals surface area contributed by atoms with Crippen molar-refractivity contribution in [2.45, 2.75) is 31.1 Å². The SMILES string of the molecule is Cc1ccc(SCCCC(=O)NC2=C(C#N)CCO2)cc1. The van der Waals surface area contributed by atoms with Gasteiger partial charge in [0.2, 0.25) is 11.8 Å². The molecule has 110 valence electrons. The van der Waals surface area contributed by atoms with Gasteiger partial charge in [0.15, 0.2) is 0 Å². The highest BCUT2D eigenvalue weighted by atomic mass is 32.2. The van der Waals surface area contributed by atoms with Gasteiger partial charge in [-0.1, -0.05) is 17.7 Å². The van der Waals surface area contributed by atoms with Gasteiger partial charge < -0.3 is 4.74 Å². The number of carbonyl (C=O) groups is 1. The largest absolute Gasteiger partial charge is 0.478 e. The van der Waals surface area contributed by atoms with Crippen LogP contribution in [0, 0.1) is 18.3 Å². The summed E-state index contributed by atoms with van der Waals surface area (Å²) < 4.78 is 5.23. The Morgan fingerprint density at radius 1 is 1.43 bits per heavy atom. The van der Waals surface area contributed by atoms with Crippen LogP contribution in [0.5, 0.6) is 0 Å². The van der Waals surface area contributed by atoms with Gasteiger partial charge in [-0.25, -0.2) is 0 Å². The zero-order valence-electron chi connectivity index (χ0n) is 12.0. The van der Waals surface area contributed by atoms with Gasteiger partial charge in [-0.2, -0.15) is 5.26 Å². The molecule has 5 heteroatoms. The summed E-state index contributed by atoms with van der Waals surface area (Å²) in [5.74, 6) is 1.14. The standard InChI is InChI=1S/C16H18N2O2S/c1-12-4-6-14(7-5-12)21-10-2-3-15(19)18-16-13(11-17)8-9-20-16/h4-7H,2-3,8-10H2,1H3,(H,18,19). The summed E-state index contributed by atoms with van der Waals surface area (Å²) in [6.07, 6.45) is 1.80. The van der Waals surface area contributed by atoms with Crippen LogP contribution < -0.4 is 5.32 Å². The maximum Gasteiger partial charge on any atom is 0.226 e. The minimum Gasteiger partial charge on any atom is -0.478 e. The molecule has 0 spiro atoms. The van der Waals surface area contributed by atoms with Crippen molar-refractivity contribution in [2.24, 2.45) is 0 Å². The van der Waals surface area contributed by atoms with Crippen molar-refractivity contribution >= 4 is 17.7 Å². The number of benzene rings is 1. The number of nitrogens with zero attached hydrogens (tertiary/aromatic N) is 1. The number of rotatable bonds is 6. The second kappa shape index (κ2) is 7.75. The third kappa shape index (κ3) is 4.83. The fourth-order valence-electron chi connectivity index (χ4n) is 1.92. The molecular weight excluding hydrogens is 284 g/mol. The quantitative estimate of drug-likeness (QED) is 0.648. The first-order valence-corrected chi connectivity index (χ1v) is 7.93. The van der Waals surface area contributed by atoms with Crippen LogP contribution in [-0.4, -0.2) is 18.3 Å². The molecule has 0 aromatic heterocycles. The maximum atomic E-state index is 11.8. The fourth-order valence-corrected chi connectivity index (χ4v) is 2.77. The lowest BCUT2D eigenvalue weighted by atomic mass is 10.2. The van der Waals surface area contributed by atoms with E-state index < -0.39 is 0 Å². The van der Waals surface area contributed by atoms with E-state index >= 15 is 0 Å². The van der Waals surface area contributed by atoms with Gasteiger partial charge in [0.05, 0.1) is 12.2 Å². The van der Waals surface area contributed by atoms with Crippen LogP contribution in [0.3, 0.4) is 0 Å². The van der Waals surface area contributed by atoms with Crippen molar-refractivity contribution < 1.29 is 9.53 Å². The van der Waals surface area contributed by atoms with Gasteiger partial charge in [-0.15, -0.1) is 11.8 Å². The summed E-state index contributed by atoms with van der Waals surface area (Å²) in [7, 11) is 0. The number of aryl methyl sites for hydroxylation is 1. The Balaban J connectivity index is 1.68. The second-order valence-electron chi connectivity index (χ2n) is 4.83. The smallest absolute Gasteiger partial charge is 0.226 e. The Labute approximate surface area is 129 Å². The fraction of sp³-hybridized carbons (Fsp3) is 0.375. The molecule has 0 fully saturated rings. The summed E-state index contributed by atoms with van der Waals surface area (Å²) >= 11 is 1.74. The van der Waals surface area contributed by atoms with Crippen LogP contribution in [0.4, 0.5) is 0 Å². The molecule has 0 radical (unpaired) electrons. The lowest BCUT2D eigenvalue weighted by Crippen LogP contribution is -2.23. The molecule has 0 saturated heterocycles. The van der Waals surface area contributed by atoms with E-state index in [2.05, 4.69) is 36.5 Å². The third-order valence-corrected chi connectivity index (χ3v) is 4.20. The minimum atomic E-state index is -0.0934. The van der Waals surface area contributed by atoms with Crippen LogP contribution in [0.2, 0.25) is 0 Å². The highest BCUT2D eigenvalue weighted by molar-refractivity contribution is 7.99. The van der Waals surface area contributed by atoms with Gasteiger partial charge in [0.1, 0.15) is 6.07 Å². The Morgan fingerprint density at radius 2 is 2.19 bits per heavy atom. The predicted octanol–water partition coefficient (Wildman–Crippen LogP) is 3.14. The number of thioether (sulfide) groups is 1. The Morgan fingerprint density at radius 3 is 2.90 bits per heavy atom. The first kappa shape index (κ1) is 15.5. The molecule has 0 saturated carbocycles. The molecule has 1 heterocycles. The maximum absolute atomic E-state index is 11.8. The number of carbonyl (C=O) groups excluding carboxylic acids is 1. The van der Waals surface area contributed by atoms with E-state index in [1.807, 2.05) is 6.07 Å². The number of nitriles is 1. The summed E-state index contributed by atoms with van der Waals surface area (Å²) in [5, 5.41) is 11.5. The molecular formula is C16H18N2O2S. The van der Waals surface area contributed by atoms with E-state index in [-0.39, 0.29) is 5.91 Å². The predicted molar refractivity (Wildman–Crippen MR) is 82.5 cm³/mol. The first-order valence-electron chi connectivity index (χ1n) is 6.94. The Kier molecular flexibility index (Phi) is 5.70. The summed E-state index contributed by atoms with van der Waals surface area (Å²) in [4.78, 5) is 13.0. The molecule has 2 rings (SSSR count). The lowest BCUT2D eigenvalue weighted by Gasteiger charge is -2.06. The van der Waals surface area contributed by atoms with Crippen LogP contribution >= 0.6 is 11.8 Å². The van der Waals surface area contributed by atoms with Crippen molar-refractivity contribution in [1.29, 1.82) is 5.26 Å². The van der Waals surface area contributed by atoms with Gasteiger partial charge in [0.25, 0.3) is 0 Å². The molecule has 1 aliphatic rings. The highest BCUT2D eigenvalue weighted by Gasteiger charge is 2.17. The molecule has 0 unspecified atom stereocenters. The van der Waals surface area contributed by atoms with Crippen molar-refractivity contribution in [1.82, 2.24) is 5.32 Å². The molecule has 1 N–H and O–H groups in total. The van der Waals surface area contributed by atoms with E-state index in [1.54, 1.807) is 11.8 Å². The zero-order chi connectivity index (χ0) is 15.1. The van der Waals surface area contributed by atoms with E-state index in [0.29, 0.717) is 30.9 Å². The van der Waals surface area contributed by atoms with Crippen LogP contribution in [0.15, 0.2) is 40.6 Å². The van der Waals surface area contributed by atoms with Gasteiger partial charge in [-0.3, -0.25) is 10.1 Å².